The van der Waals surface area contributed by atoms with Crippen molar-refractivity contribution in [1.29, 1.82) is 0 Å². The van der Waals surface area contributed by atoms with Crippen molar-refractivity contribution in [3.63, 3.8) is 0 Å². The molecule has 1 aromatic carbocycles. The van der Waals surface area contributed by atoms with Crippen molar-refractivity contribution in [3.8, 4) is 5.75 Å². The highest BCUT2D eigenvalue weighted by Gasteiger charge is 2.37. The van der Waals surface area contributed by atoms with Gasteiger partial charge in [-0.3, -0.25) is 4.90 Å². The summed E-state index contributed by atoms with van der Waals surface area (Å²) in [6.45, 7) is 10.1. The summed E-state index contributed by atoms with van der Waals surface area (Å²) in [4.78, 5) is 2.70. The molecule has 0 aliphatic carbocycles. The minimum absolute atomic E-state index is 0.237. The Morgan fingerprint density at radius 1 is 1.14 bits per heavy atom. The van der Waals surface area contributed by atoms with Crippen LogP contribution in [0.25, 0.3) is 0 Å². The Kier molecular flexibility index (Phi) is 4.51. The van der Waals surface area contributed by atoms with Gasteiger partial charge in [0, 0.05) is 18.6 Å². The summed E-state index contributed by atoms with van der Waals surface area (Å²) in [6, 6.07) is 9.90. The second-order valence-electron chi connectivity index (χ2n) is 6.78. The molecule has 1 aromatic rings. The maximum absolute atomic E-state index is 5.74. The summed E-state index contributed by atoms with van der Waals surface area (Å²) in [5.41, 5.74) is 1.40. The highest BCUT2D eigenvalue weighted by molar-refractivity contribution is 5.29. The van der Waals surface area contributed by atoms with Crippen LogP contribution in [0, 0.1) is 5.92 Å². The molecule has 3 heteroatoms. The molecule has 0 amide bonds. The normalized spacial score (nSPS) is 27.6. The van der Waals surface area contributed by atoms with E-state index in [0.717, 1.165) is 24.3 Å². The first kappa shape index (κ1) is 14.9. The predicted molar refractivity (Wildman–Crippen MR) is 86.7 cm³/mol. The summed E-state index contributed by atoms with van der Waals surface area (Å²) in [5.74, 6) is 1.82. The molecule has 3 nitrogen and oxygen atoms in total. The summed E-state index contributed by atoms with van der Waals surface area (Å²) in [5, 5.41) is 3.57. The van der Waals surface area contributed by atoms with Gasteiger partial charge in [0.05, 0.1) is 6.10 Å². The number of ether oxygens (including phenoxy) is 1. The van der Waals surface area contributed by atoms with Crippen LogP contribution >= 0.6 is 0 Å². The van der Waals surface area contributed by atoms with Crippen LogP contribution in [0.2, 0.25) is 0 Å². The largest absolute Gasteiger partial charge is 0.491 e. The van der Waals surface area contributed by atoms with E-state index in [0.29, 0.717) is 6.04 Å². The van der Waals surface area contributed by atoms with Gasteiger partial charge in [-0.1, -0.05) is 12.1 Å². The van der Waals surface area contributed by atoms with Crippen LogP contribution in [-0.2, 0) is 0 Å². The number of piperidine rings is 1. The third kappa shape index (κ3) is 3.24. The van der Waals surface area contributed by atoms with Gasteiger partial charge in [0.1, 0.15) is 5.75 Å². The Labute approximate surface area is 128 Å². The number of benzene rings is 1. The molecule has 3 rings (SSSR count). The molecule has 1 N–H and O–H groups in total. The monoisotopic (exact) mass is 288 g/mol. The highest BCUT2D eigenvalue weighted by atomic mass is 16.5. The molecule has 2 fully saturated rings. The number of nitrogens with one attached hydrogen (secondary N) is 1. The van der Waals surface area contributed by atoms with Crippen molar-refractivity contribution in [1.82, 2.24) is 10.2 Å². The summed E-state index contributed by atoms with van der Waals surface area (Å²) < 4.78 is 5.74. The first-order valence-electron chi connectivity index (χ1n) is 8.38. The molecule has 3 atom stereocenters. The SMILES string of the molecule is CC(C)Oc1ccc(C(C)N2CCCC3CNCC32)cc1. The topological polar surface area (TPSA) is 24.5 Å². The second-order valence-corrected chi connectivity index (χ2v) is 6.78. The third-order valence-electron chi connectivity index (χ3n) is 4.95. The smallest absolute Gasteiger partial charge is 0.119 e. The van der Waals surface area contributed by atoms with E-state index in [1.165, 1.54) is 31.5 Å². The van der Waals surface area contributed by atoms with Gasteiger partial charge >= 0.3 is 0 Å². The Balaban J connectivity index is 1.70. The average Bonchev–Trinajstić information content (AvgIpc) is 2.95. The molecule has 0 spiro atoms. The standard InChI is InChI=1S/C18H28N2O/c1-13(2)21-17-8-6-15(7-9-17)14(3)20-10-4-5-16-11-19-12-18(16)20/h6-9,13-14,16,18-19H,4-5,10-12H2,1-3H3. The molecule has 0 radical (unpaired) electrons. The molecular weight excluding hydrogens is 260 g/mol. The van der Waals surface area contributed by atoms with E-state index in [2.05, 4.69) is 55.3 Å². The molecule has 116 valence electrons. The second kappa shape index (κ2) is 6.37. The molecule has 0 bridgehead atoms. The van der Waals surface area contributed by atoms with E-state index in [9.17, 15) is 0 Å². The highest BCUT2D eigenvalue weighted by Crippen LogP contribution is 2.33. The van der Waals surface area contributed by atoms with Crippen molar-refractivity contribution in [2.75, 3.05) is 19.6 Å². The molecule has 2 heterocycles. The van der Waals surface area contributed by atoms with E-state index in [-0.39, 0.29) is 6.10 Å². The minimum Gasteiger partial charge on any atom is -0.491 e. The number of hydrogen-bond donors (Lipinski definition) is 1. The Hall–Kier alpha value is -1.06. The first-order valence-corrected chi connectivity index (χ1v) is 8.38. The molecular formula is C18H28N2O. The lowest BCUT2D eigenvalue weighted by Crippen LogP contribution is -2.46. The van der Waals surface area contributed by atoms with E-state index in [1.54, 1.807) is 0 Å². The van der Waals surface area contributed by atoms with Crippen molar-refractivity contribution in [2.24, 2.45) is 5.92 Å². The van der Waals surface area contributed by atoms with Gasteiger partial charge < -0.3 is 10.1 Å². The van der Waals surface area contributed by atoms with E-state index < -0.39 is 0 Å². The zero-order valence-corrected chi connectivity index (χ0v) is 13.5. The van der Waals surface area contributed by atoms with Gasteiger partial charge in [-0.05, 0) is 70.3 Å². The first-order chi connectivity index (χ1) is 10.1. The average molecular weight is 288 g/mol. The molecule has 2 aliphatic heterocycles. The Morgan fingerprint density at radius 2 is 1.90 bits per heavy atom. The van der Waals surface area contributed by atoms with Gasteiger partial charge in [0.25, 0.3) is 0 Å². The fraction of sp³-hybridized carbons (Fsp3) is 0.667. The lowest BCUT2D eigenvalue weighted by atomic mass is 9.90. The zero-order valence-electron chi connectivity index (χ0n) is 13.5. The van der Waals surface area contributed by atoms with Gasteiger partial charge in [-0.25, -0.2) is 0 Å². The van der Waals surface area contributed by atoms with Crippen LogP contribution in [0.3, 0.4) is 0 Å². The number of nitrogens with zero attached hydrogens (tertiary/aromatic N) is 1. The van der Waals surface area contributed by atoms with Crippen molar-refractivity contribution >= 4 is 0 Å². The lowest BCUT2D eigenvalue weighted by molar-refractivity contribution is 0.0847. The molecule has 0 aromatic heterocycles. The minimum atomic E-state index is 0.237. The fourth-order valence-corrected chi connectivity index (χ4v) is 3.87. The Morgan fingerprint density at radius 3 is 2.62 bits per heavy atom. The number of likely N-dealkylation sites (tertiary alicyclic amines) is 1. The summed E-state index contributed by atoms with van der Waals surface area (Å²) in [6.07, 6.45) is 2.96. The number of rotatable bonds is 4. The summed E-state index contributed by atoms with van der Waals surface area (Å²) >= 11 is 0. The zero-order chi connectivity index (χ0) is 14.8. The molecule has 2 aliphatic rings. The van der Waals surface area contributed by atoms with Crippen LogP contribution < -0.4 is 10.1 Å². The predicted octanol–water partition coefficient (Wildman–Crippen LogP) is 3.22. The van der Waals surface area contributed by atoms with Gasteiger partial charge in [-0.2, -0.15) is 0 Å². The van der Waals surface area contributed by atoms with Crippen molar-refractivity contribution in [2.45, 2.75) is 51.8 Å². The van der Waals surface area contributed by atoms with Crippen molar-refractivity contribution < 1.29 is 4.74 Å². The van der Waals surface area contributed by atoms with E-state index in [4.69, 9.17) is 4.74 Å². The maximum Gasteiger partial charge on any atom is 0.119 e. The maximum atomic E-state index is 5.74. The molecule has 21 heavy (non-hydrogen) atoms. The number of hydrogen-bond acceptors (Lipinski definition) is 3. The van der Waals surface area contributed by atoms with Gasteiger partial charge in [0.2, 0.25) is 0 Å². The molecule has 2 saturated heterocycles. The van der Waals surface area contributed by atoms with E-state index in [1.807, 2.05) is 0 Å². The summed E-state index contributed by atoms with van der Waals surface area (Å²) in [7, 11) is 0. The Bertz CT molecular complexity index is 457. The number of fused-ring (bicyclic) bond motifs is 1. The van der Waals surface area contributed by atoms with Crippen LogP contribution in [0.4, 0.5) is 0 Å². The fourth-order valence-electron chi connectivity index (χ4n) is 3.87. The van der Waals surface area contributed by atoms with Gasteiger partial charge in [0.15, 0.2) is 0 Å². The van der Waals surface area contributed by atoms with Crippen LogP contribution in [0.5, 0.6) is 5.75 Å². The van der Waals surface area contributed by atoms with Crippen molar-refractivity contribution in [3.05, 3.63) is 29.8 Å². The lowest BCUT2D eigenvalue weighted by Gasteiger charge is -2.41. The van der Waals surface area contributed by atoms with Crippen LogP contribution in [0.1, 0.15) is 45.2 Å². The van der Waals surface area contributed by atoms with E-state index >= 15 is 0 Å². The third-order valence-corrected chi connectivity index (χ3v) is 4.95. The van der Waals surface area contributed by atoms with Crippen LogP contribution in [0.15, 0.2) is 24.3 Å². The molecule has 0 saturated carbocycles. The quantitative estimate of drug-likeness (QED) is 0.920. The van der Waals surface area contributed by atoms with Crippen LogP contribution in [-0.4, -0.2) is 36.7 Å². The van der Waals surface area contributed by atoms with Gasteiger partial charge in [-0.15, -0.1) is 0 Å². The molecule has 3 unspecified atom stereocenters.